The van der Waals surface area contributed by atoms with Crippen molar-refractivity contribution in [3.05, 3.63) is 41.2 Å². The van der Waals surface area contributed by atoms with Gasteiger partial charge in [0.2, 0.25) is 0 Å². The first-order chi connectivity index (χ1) is 9.16. The number of aromatic nitrogens is 2. The Morgan fingerprint density at radius 3 is 2.84 bits per heavy atom. The van der Waals surface area contributed by atoms with E-state index in [-0.39, 0.29) is 11.6 Å². The molecule has 1 aliphatic carbocycles. The van der Waals surface area contributed by atoms with Gasteiger partial charge in [0.15, 0.2) is 5.69 Å². The zero-order valence-corrected chi connectivity index (χ0v) is 10.7. The number of nitrogen functional groups attached to an aromatic ring is 1. The molecule has 1 aromatic carbocycles. The molecule has 0 aliphatic heterocycles. The van der Waals surface area contributed by atoms with Gasteiger partial charge in [-0.25, -0.2) is 0 Å². The Labute approximate surface area is 111 Å². The van der Waals surface area contributed by atoms with Crippen LogP contribution in [0.1, 0.15) is 40.5 Å². The van der Waals surface area contributed by atoms with Crippen LogP contribution in [0.5, 0.6) is 0 Å². The van der Waals surface area contributed by atoms with Crippen LogP contribution in [0.25, 0.3) is 0 Å². The summed E-state index contributed by atoms with van der Waals surface area (Å²) < 4.78 is 0. The topological polar surface area (TPSA) is 83.8 Å². The Morgan fingerprint density at radius 2 is 2.16 bits per heavy atom. The minimum absolute atomic E-state index is 0.269. The fourth-order valence-corrected chi connectivity index (χ4v) is 2.12. The Bertz CT molecular complexity index is 628. The maximum absolute atomic E-state index is 12.2. The molecule has 1 saturated carbocycles. The molecule has 3 rings (SSSR count). The van der Waals surface area contributed by atoms with Crippen molar-refractivity contribution in [2.45, 2.75) is 25.7 Å². The highest BCUT2D eigenvalue weighted by Crippen LogP contribution is 2.42. The van der Waals surface area contributed by atoms with Gasteiger partial charge in [-0.1, -0.05) is 18.2 Å². The molecular formula is C14H16N4O. The zero-order valence-electron chi connectivity index (χ0n) is 10.7. The SMILES string of the molecule is Cc1ccccc1NC(=O)c1n[nH]c(C2CC2)c1N. The molecule has 0 unspecified atom stereocenters. The smallest absolute Gasteiger partial charge is 0.278 e. The monoisotopic (exact) mass is 256 g/mol. The highest BCUT2D eigenvalue weighted by molar-refractivity contribution is 6.06. The lowest BCUT2D eigenvalue weighted by Crippen LogP contribution is -2.15. The van der Waals surface area contributed by atoms with Crippen molar-refractivity contribution in [3.8, 4) is 0 Å². The van der Waals surface area contributed by atoms with Crippen molar-refractivity contribution in [2.75, 3.05) is 11.1 Å². The minimum Gasteiger partial charge on any atom is -0.395 e. The lowest BCUT2D eigenvalue weighted by atomic mass is 10.2. The summed E-state index contributed by atoms with van der Waals surface area (Å²) in [7, 11) is 0. The molecule has 2 aromatic rings. The number of amides is 1. The van der Waals surface area contributed by atoms with E-state index in [2.05, 4.69) is 15.5 Å². The summed E-state index contributed by atoms with van der Waals surface area (Å²) in [6.45, 7) is 1.94. The van der Waals surface area contributed by atoms with Crippen LogP contribution in [0.4, 0.5) is 11.4 Å². The van der Waals surface area contributed by atoms with Crippen LogP contribution in [0.3, 0.4) is 0 Å². The van der Waals surface area contributed by atoms with Crippen LogP contribution in [-0.4, -0.2) is 16.1 Å². The van der Waals surface area contributed by atoms with Crippen LogP contribution in [0.2, 0.25) is 0 Å². The number of anilines is 2. The van der Waals surface area contributed by atoms with Crippen molar-refractivity contribution in [1.29, 1.82) is 0 Å². The third-order valence-corrected chi connectivity index (χ3v) is 3.43. The van der Waals surface area contributed by atoms with E-state index < -0.39 is 0 Å². The molecule has 1 aromatic heterocycles. The predicted octanol–water partition coefficient (Wildman–Crippen LogP) is 2.43. The number of rotatable bonds is 3. The molecule has 0 saturated heterocycles. The number of nitrogens with two attached hydrogens (primary N) is 1. The average Bonchev–Trinajstić information content (AvgIpc) is 3.15. The van der Waals surface area contributed by atoms with Gasteiger partial charge >= 0.3 is 0 Å². The number of para-hydroxylation sites is 1. The number of aryl methyl sites for hydroxylation is 1. The molecule has 1 aliphatic rings. The molecule has 4 N–H and O–H groups in total. The van der Waals surface area contributed by atoms with Gasteiger partial charge in [-0.05, 0) is 31.4 Å². The van der Waals surface area contributed by atoms with E-state index in [0.717, 1.165) is 29.8 Å². The summed E-state index contributed by atoms with van der Waals surface area (Å²) in [5.74, 6) is 0.183. The molecule has 1 fully saturated rings. The number of hydrogen-bond acceptors (Lipinski definition) is 3. The third kappa shape index (κ3) is 2.19. The lowest BCUT2D eigenvalue weighted by Gasteiger charge is -2.06. The van der Waals surface area contributed by atoms with Crippen LogP contribution in [0.15, 0.2) is 24.3 Å². The van der Waals surface area contributed by atoms with Crippen molar-refractivity contribution < 1.29 is 4.79 Å². The molecule has 1 heterocycles. The number of benzene rings is 1. The second kappa shape index (κ2) is 4.42. The molecule has 5 heteroatoms. The molecule has 0 bridgehead atoms. The maximum atomic E-state index is 12.2. The molecule has 19 heavy (non-hydrogen) atoms. The van der Waals surface area contributed by atoms with Gasteiger partial charge < -0.3 is 11.1 Å². The van der Waals surface area contributed by atoms with E-state index in [1.165, 1.54) is 0 Å². The van der Waals surface area contributed by atoms with E-state index in [4.69, 9.17) is 5.73 Å². The fraction of sp³-hybridized carbons (Fsp3) is 0.286. The molecule has 0 atom stereocenters. The molecule has 5 nitrogen and oxygen atoms in total. The normalized spacial score (nSPS) is 14.4. The summed E-state index contributed by atoms with van der Waals surface area (Å²) in [4.78, 5) is 12.2. The first-order valence-electron chi connectivity index (χ1n) is 6.37. The van der Waals surface area contributed by atoms with Gasteiger partial charge in [0.25, 0.3) is 5.91 Å². The van der Waals surface area contributed by atoms with Crippen molar-refractivity contribution in [1.82, 2.24) is 10.2 Å². The van der Waals surface area contributed by atoms with Gasteiger partial charge in [0, 0.05) is 11.6 Å². The highest BCUT2D eigenvalue weighted by Gasteiger charge is 2.30. The predicted molar refractivity (Wildman–Crippen MR) is 74.1 cm³/mol. The standard InChI is InChI=1S/C14H16N4O/c1-8-4-2-3-5-10(8)16-14(19)13-11(15)12(17-18-13)9-6-7-9/h2-5,9H,6-7,15H2,1H3,(H,16,19)(H,17,18). The second-order valence-corrected chi connectivity index (χ2v) is 4.94. The van der Waals surface area contributed by atoms with E-state index in [0.29, 0.717) is 11.6 Å². The van der Waals surface area contributed by atoms with Crippen LogP contribution in [0, 0.1) is 6.92 Å². The van der Waals surface area contributed by atoms with Gasteiger partial charge in [-0.3, -0.25) is 9.89 Å². The quantitative estimate of drug-likeness (QED) is 0.788. The number of nitrogens with zero attached hydrogens (tertiary/aromatic N) is 1. The Hall–Kier alpha value is -2.30. The van der Waals surface area contributed by atoms with E-state index in [9.17, 15) is 4.79 Å². The fourth-order valence-electron chi connectivity index (χ4n) is 2.12. The first-order valence-corrected chi connectivity index (χ1v) is 6.37. The van der Waals surface area contributed by atoms with Crippen molar-refractivity contribution >= 4 is 17.3 Å². The largest absolute Gasteiger partial charge is 0.395 e. The molecule has 0 radical (unpaired) electrons. The summed E-state index contributed by atoms with van der Waals surface area (Å²) in [5, 5.41) is 9.76. The number of hydrogen-bond donors (Lipinski definition) is 3. The first kappa shape index (κ1) is 11.8. The number of aromatic amines is 1. The lowest BCUT2D eigenvalue weighted by molar-refractivity contribution is 0.102. The van der Waals surface area contributed by atoms with E-state index in [1.54, 1.807) is 0 Å². The van der Waals surface area contributed by atoms with E-state index >= 15 is 0 Å². The van der Waals surface area contributed by atoms with Crippen LogP contribution in [-0.2, 0) is 0 Å². The van der Waals surface area contributed by atoms with Crippen LogP contribution < -0.4 is 11.1 Å². The summed E-state index contributed by atoms with van der Waals surface area (Å²) in [5.41, 5.74) is 9.43. The zero-order chi connectivity index (χ0) is 13.4. The molecule has 98 valence electrons. The summed E-state index contributed by atoms with van der Waals surface area (Å²) >= 11 is 0. The summed E-state index contributed by atoms with van der Waals surface area (Å²) in [6, 6.07) is 7.61. The van der Waals surface area contributed by atoms with Gasteiger partial charge in [-0.2, -0.15) is 5.10 Å². The Kier molecular flexibility index (Phi) is 2.74. The third-order valence-electron chi connectivity index (χ3n) is 3.43. The Balaban J connectivity index is 1.82. The second-order valence-electron chi connectivity index (χ2n) is 4.94. The number of carbonyl (C=O) groups excluding carboxylic acids is 1. The molecule has 0 spiro atoms. The molecular weight excluding hydrogens is 240 g/mol. The van der Waals surface area contributed by atoms with Gasteiger partial charge in [0.1, 0.15) is 0 Å². The summed E-state index contributed by atoms with van der Waals surface area (Å²) in [6.07, 6.45) is 2.23. The van der Waals surface area contributed by atoms with Gasteiger partial charge in [-0.15, -0.1) is 0 Å². The molecule has 1 amide bonds. The number of carbonyl (C=O) groups is 1. The van der Waals surface area contributed by atoms with Crippen molar-refractivity contribution in [2.24, 2.45) is 0 Å². The maximum Gasteiger partial charge on any atom is 0.278 e. The van der Waals surface area contributed by atoms with Crippen molar-refractivity contribution in [3.63, 3.8) is 0 Å². The van der Waals surface area contributed by atoms with Gasteiger partial charge in [0.05, 0.1) is 11.4 Å². The number of nitrogens with one attached hydrogen (secondary N) is 2. The van der Waals surface area contributed by atoms with Crippen LogP contribution >= 0.6 is 0 Å². The van der Waals surface area contributed by atoms with E-state index in [1.807, 2.05) is 31.2 Å². The Morgan fingerprint density at radius 1 is 1.42 bits per heavy atom. The average molecular weight is 256 g/mol. The number of H-pyrrole nitrogens is 1. The highest BCUT2D eigenvalue weighted by atomic mass is 16.2. The minimum atomic E-state index is -0.269.